The molecule has 0 amide bonds. The number of nitrogens with zero attached hydrogens (tertiary/aromatic N) is 1. The van der Waals surface area contributed by atoms with Crippen LogP contribution in [0.2, 0.25) is 5.02 Å². The third kappa shape index (κ3) is 5.16. The van der Waals surface area contributed by atoms with E-state index in [1.165, 1.54) is 0 Å². The molecule has 1 heterocycles. The molecule has 7 heteroatoms. The van der Waals surface area contributed by atoms with E-state index in [4.69, 9.17) is 31.5 Å². The molecule has 1 atom stereocenters. The van der Waals surface area contributed by atoms with Crippen LogP contribution in [0.3, 0.4) is 0 Å². The van der Waals surface area contributed by atoms with Gasteiger partial charge in [-0.1, -0.05) is 48.9 Å². The van der Waals surface area contributed by atoms with Gasteiger partial charge < -0.3 is 19.9 Å². The number of benzene rings is 3. The number of esters is 1. The van der Waals surface area contributed by atoms with Crippen LogP contribution < -0.4 is 19.9 Å². The van der Waals surface area contributed by atoms with Crippen molar-refractivity contribution >= 4 is 17.6 Å². The minimum Gasteiger partial charge on any atom is -0.494 e. The maximum atomic E-state index is 12.4. The fraction of sp³-hybridized carbons (Fsp3) is 0.185. The summed E-state index contributed by atoms with van der Waals surface area (Å²) < 4.78 is 17.0. The molecule has 1 aliphatic heterocycles. The summed E-state index contributed by atoms with van der Waals surface area (Å²) in [5, 5.41) is 10.4. The molecule has 0 aromatic heterocycles. The summed E-state index contributed by atoms with van der Waals surface area (Å²) in [6.45, 7) is 2.64. The SMILES string of the molecule is CCCOc1cccc(C2C(C#N)=C(N)Oc3cc(OC(=O)Cc4ccc(Cl)cc4)ccc32)c1. The fourth-order valence-corrected chi connectivity index (χ4v) is 3.91. The molecule has 4 rings (SSSR count). The van der Waals surface area contributed by atoms with Gasteiger partial charge in [0.05, 0.1) is 18.9 Å². The number of halogens is 1. The number of nitrogens with two attached hydrogens (primary N) is 1. The molecule has 3 aromatic rings. The number of carbonyl (C=O) groups is 1. The fourth-order valence-electron chi connectivity index (χ4n) is 3.78. The topological polar surface area (TPSA) is 94.6 Å². The molecule has 0 fully saturated rings. The normalized spacial score (nSPS) is 14.6. The van der Waals surface area contributed by atoms with Crippen molar-refractivity contribution in [2.45, 2.75) is 25.7 Å². The first kappa shape index (κ1) is 23.2. The number of hydrogen-bond donors (Lipinski definition) is 1. The highest BCUT2D eigenvalue weighted by molar-refractivity contribution is 6.30. The Morgan fingerprint density at radius 3 is 2.65 bits per heavy atom. The lowest BCUT2D eigenvalue weighted by atomic mass is 9.83. The highest BCUT2D eigenvalue weighted by atomic mass is 35.5. The van der Waals surface area contributed by atoms with E-state index in [1.807, 2.05) is 31.2 Å². The van der Waals surface area contributed by atoms with Crippen LogP contribution in [-0.4, -0.2) is 12.6 Å². The van der Waals surface area contributed by atoms with E-state index in [2.05, 4.69) is 6.07 Å². The van der Waals surface area contributed by atoms with Gasteiger partial charge in [-0.3, -0.25) is 4.79 Å². The number of rotatable bonds is 7. The third-order valence-electron chi connectivity index (χ3n) is 5.35. The van der Waals surface area contributed by atoms with Gasteiger partial charge in [-0.25, -0.2) is 0 Å². The van der Waals surface area contributed by atoms with E-state index in [9.17, 15) is 10.1 Å². The lowest BCUT2D eigenvalue weighted by Gasteiger charge is -2.27. The lowest BCUT2D eigenvalue weighted by Crippen LogP contribution is -2.21. The van der Waals surface area contributed by atoms with Gasteiger partial charge in [0.2, 0.25) is 5.88 Å². The number of hydrogen-bond acceptors (Lipinski definition) is 6. The van der Waals surface area contributed by atoms with E-state index in [1.54, 1.807) is 42.5 Å². The van der Waals surface area contributed by atoms with Crippen molar-refractivity contribution in [3.63, 3.8) is 0 Å². The van der Waals surface area contributed by atoms with Crippen LogP contribution in [0.4, 0.5) is 0 Å². The van der Waals surface area contributed by atoms with Crippen molar-refractivity contribution in [1.29, 1.82) is 5.26 Å². The molecule has 1 unspecified atom stereocenters. The second-order valence-electron chi connectivity index (χ2n) is 7.82. The zero-order valence-electron chi connectivity index (χ0n) is 18.6. The molecule has 0 saturated heterocycles. The zero-order valence-corrected chi connectivity index (χ0v) is 19.3. The molecule has 0 bridgehead atoms. The second-order valence-corrected chi connectivity index (χ2v) is 8.26. The summed E-state index contributed by atoms with van der Waals surface area (Å²) in [5.74, 6) is 0.637. The number of fused-ring (bicyclic) bond motifs is 1. The Labute approximate surface area is 203 Å². The molecule has 2 N–H and O–H groups in total. The predicted octanol–water partition coefficient (Wildman–Crippen LogP) is 5.50. The minimum absolute atomic E-state index is 0.0181. The van der Waals surface area contributed by atoms with Gasteiger partial charge in [0.15, 0.2) is 0 Å². The monoisotopic (exact) mass is 474 g/mol. The summed E-state index contributed by atoms with van der Waals surface area (Å²) in [7, 11) is 0. The molecular formula is C27H23ClN2O4. The smallest absolute Gasteiger partial charge is 0.315 e. The molecular weight excluding hydrogens is 452 g/mol. The maximum Gasteiger partial charge on any atom is 0.315 e. The van der Waals surface area contributed by atoms with Gasteiger partial charge in [0, 0.05) is 16.7 Å². The van der Waals surface area contributed by atoms with Crippen LogP contribution in [0.1, 0.15) is 36.0 Å². The zero-order chi connectivity index (χ0) is 24.1. The number of ether oxygens (including phenoxy) is 3. The summed E-state index contributed by atoms with van der Waals surface area (Å²) in [6, 6.07) is 21.8. The molecule has 0 saturated carbocycles. The van der Waals surface area contributed by atoms with Crippen LogP contribution in [0.25, 0.3) is 0 Å². The van der Waals surface area contributed by atoms with Crippen molar-refractivity contribution in [3.8, 4) is 23.3 Å². The van der Waals surface area contributed by atoms with E-state index in [0.717, 1.165) is 28.9 Å². The van der Waals surface area contributed by atoms with Gasteiger partial charge in [-0.05, 0) is 47.9 Å². The van der Waals surface area contributed by atoms with Crippen LogP contribution in [0, 0.1) is 11.3 Å². The van der Waals surface area contributed by atoms with Crippen LogP contribution in [0.5, 0.6) is 17.2 Å². The Morgan fingerprint density at radius 2 is 1.91 bits per heavy atom. The van der Waals surface area contributed by atoms with Crippen molar-refractivity contribution in [3.05, 3.63) is 99.9 Å². The quantitative estimate of drug-likeness (QED) is 0.359. The molecule has 0 radical (unpaired) electrons. The molecule has 172 valence electrons. The summed E-state index contributed by atoms with van der Waals surface area (Å²) in [6.07, 6.45) is 0.989. The first-order valence-electron chi connectivity index (χ1n) is 10.9. The molecule has 0 spiro atoms. The second kappa shape index (κ2) is 10.3. The van der Waals surface area contributed by atoms with E-state index in [-0.39, 0.29) is 12.3 Å². The summed E-state index contributed by atoms with van der Waals surface area (Å²) in [4.78, 5) is 12.4. The Kier molecular flexibility index (Phi) is 7.05. The van der Waals surface area contributed by atoms with Gasteiger partial charge in [0.1, 0.15) is 28.9 Å². The predicted molar refractivity (Wildman–Crippen MR) is 129 cm³/mol. The van der Waals surface area contributed by atoms with Crippen LogP contribution in [0.15, 0.2) is 78.2 Å². The maximum absolute atomic E-state index is 12.4. The Balaban J connectivity index is 1.60. The Morgan fingerprint density at radius 1 is 1.12 bits per heavy atom. The van der Waals surface area contributed by atoms with E-state index in [0.29, 0.717) is 28.7 Å². The lowest BCUT2D eigenvalue weighted by molar-refractivity contribution is -0.133. The van der Waals surface area contributed by atoms with Crippen LogP contribution >= 0.6 is 11.6 Å². The third-order valence-corrected chi connectivity index (χ3v) is 5.60. The molecule has 6 nitrogen and oxygen atoms in total. The van der Waals surface area contributed by atoms with Gasteiger partial charge in [0.25, 0.3) is 0 Å². The first-order valence-corrected chi connectivity index (χ1v) is 11.3. The van der Waals surface area contributed by atoms with E-state index < -0.39 is 11.9 Å². The number of allylic oxidation sites excluding steroid dienone is 1. The summed E-state index contributed by atoms with van der Waals surface area (Å²) >= 11 is 5.89. The number of nitriles is 1. The summed E-state index contributed by atoms with van der Waals surface area (Å²) in [5.41, 5.74) is 8.80. The van der Waals surface area contributed by atoms with E-state index >= 15 is 0 Å². The number of carbonyl (C=O) groups excluding carboxylic acids is 1. The minimum atomic E-state index is -0.433. The van der Waals surface area contributed by atoms with Crippen molar-refractivity contribution in [2.75, 3.05) is 6.61 Å². The van der Waals surface area contributed by atoms with Gasteiger partial charge in [-0.15, -0.1) is 0 Å². The van der Waals surface area contributed by atoms with Crippen molar-refractivity contribution in [1.82, 2.24) is 0 Å². The van der Waals surface area contributed by atoms with Crippen LogP contribution in [-0.2, 0) is 11.2 Å². The Bertz CT molecular complexity index is 1280. The Hall–Kier alpha value is -3.95. The standard InChI is InChI=1S/C27H23ClN2O4/c1-2-12-32-20-5-3-4-18(14-20)26-22-11-10-21(15-24(22)34-27(30)23(26)16-29)33-25(31)13-17-6-8-19(28)9-7-17/h3-11,14-15,26H,2,12-13,30H2,1H3. The van der Waals surface area contributed by atoms with Gasteiger partial charge >= 0.3 is 5.97 Å². The average Bonchev–Trinajstić information content (AvgIpc) is 2.83. The van der Waals surface area contributed by atoms with Gasteiger partial charge in [-0.2, -0.15) is 5.26 Å². The molecule has 0 aliphatic carbocycles. The molecule has 34 heavy (non-hydrogen) atoms. The molecule has 3 aromatic carbocycles. The molecule has 1 aliphatic rings. The van der Waals surface area contributed by atoms with Crippen molar-refractivity contribution in [2.24, 2.45) is 5.73 Å². The first-order chi connectivity index (χ1) is 16.5. The highest BCUT2D eigenvalue weighted by Gasteiger charge is 2.31. The average molecular weight is 475 g/mol. The largest absolute Gasteiger partial charge is 0.494 e. The van der Waals surface area contributed by atoms with Crippen molar-refractivity contribution < 1.29 is 19.0 Å². The highest BCUT2D eigenvalue weighted by Crippen LogP contribution is 2.44.